The first-order valence-corrected chi connectivity index (χ1v) is 6.10. The van der Waals surface area contributed by atoms with Crippen LogP contribution in [0.1, 0.15) is 34.3 Å². The topological polar surface area (TPSA) is 77.5 Å². The number of carbonyl (C=O) groups is 2. The number of rotatable bonds is 7. The first-order chi connectivity index (χ1) is 9.19. The number of ether oxygens (including phenoxy) is 2. The summed E-state index contributed by atoms with van der Waals surface area (Å²) in [7, 11) is 1.60. The van der Waals surface area contributed by atoms with Crippen molar-refractivity contribution in [3.8, 4) is 0 Å². The molecule has 0 aromatic carbocycles. The average molecular weight is 266 g/mol. The number of nitrogens with zero attached hydrogens (tertiary/aromatic N) is 1. The summed E-state index contributed by atoms with van der Waals surface area (Å²) in [5.41, 5.74) is 0.328. The number of aromatic nitrogens is 1. The normalized spacial score (nSPS) is 10.0. The predicted molar refractivity (Wildman–Crippen MR) is 69.0 cm³/mol. The third-order valence-electron chi connectivity index (χ3n) is 2.28. The van der Waals surface area contributed by atoms with E-state index < -0.39 is 5.97 Å². The van der Waals surface area contributed by atoms with Crippen molar-refractivity contribution in [3.05, 3.63) is 29.6 Å². The minimum atomic E-state index is -0.531. The van der Waals surface area contributed by atoms with Crippen LogP contribution in [0.2, 0.25) is 0 Å². The Morgan fingerprint density at radius 1 is 1.32 bits per heavy atom. The Hall–Kier alpha value is -1.95. The van der Waals surface area contributed by atoms with Gasteiger partial charge in [-0.1, -0.05) is 6.07 Å². The van der Waals surface area contributed by atoms with Gasteiger partial charge in [-0.2, -0.15) is 0 Å². The van der Waals surface area contributed by atoms with E-state index in [-0.39, 0.29) is 23.9 Å². The van der Waals surface area contributed by atoms with E-state index in [1.807, 2.05) is 0 Å². The number of pyridine rings is 1. The number of carbonyl (C=O) groups excluding carboxylic acids is 2. The van der Waals surface area contributed by atoms with Gasteiger partial charge in [-0.25, -0.2) is 9.78 Å². The third kappa shape index (κ3) is 5.05. The van der Waals surface area contributed by atoms with E-state index in [1.54, 1.807) is 26.2 Å². The molecule has 0 unspecified atom stereocenters. The molecule has 19 heavy (non-hydrogen) atoms. The minimum absolute atomic E-state index is 0.131. The SMILES string of the molecule is CCOC(=O)c1cccc(C(=O)NCCCOC)n1. The maximum absolute atomic E-state index is 11.8. The fraction of sp³-hybridized carbons (Fsp3) is 0.462. The van der Waals surface area contributed by atoms with E-state index in [0.29, 0.717) is 13.2 Å². The lowest BCUT2D eigenvalue weighted by Gasteiger charge is -2.05. The van der Waals surface area contributed by atoms with Crippen molar-refractivity contribution < 1.29 is 19.1 Å². The average Bonchev–Trinajstić information content (AvgIpc) is 2.44. The second-order valence-corrected chi connectivity index (χ2v) is 3.73. The van der Waals surface area contributed by atoms with Gasteiger partial charge in [0, 0.05) is 20.3 Å². The van der Waals surface area contributed by atoms with Crippen LogP contribution in [0.3, 0.4) is 0 Å². The van der Waals surface area contributed by atoms with Gasteiger partial charge in [0.1, 0.15) is 11.4 Å². The van der Waals surface area contributed by atoms with E-state index in [0.717, 1.165) is 6.42 Å². The number of methoxy groups -OCH3 is 1. The maximum Gasteiger partial charge on any atom is 0.356 e. The molecule has 0 atom stereocenters. The van der Waals surface area contributed by atoms with Crippen LogP contribution >= 0.6 is 0 Å². The zero-order chi connectivity index (χ0) is 14.1. The molecule has 0 aliphatic rings. The van der Waals surface area contributed by atoms with Crippen LogP contribution in [0.5, 0.6) is 0 Å². The molecule has 0 saturated heterocycles. The molecule has 1 heterocycles. The minimum Gasteiger partial charge on any atom is -0.461 e. The lowest BCUT2D eigenvalue weighted by atomic mass is 10.3. The molecule has 6 heteroatoms. The van der Waals surface area contributed by atoms with E-state index in [9.17, 15) is 9.59 Å². The molecule has 1 aromatic heterocycles. The summed E-state index contributed by atoms with van der Waals surface area (Å²) in [5, 5.41) is 2.70. The highest BCUT2D eigenvalue weighted by atomic mass is 16.5. The summed E-state index contributed by atoms with van der Waals surface area (Å²) < 4.78 is 9.70. The quantitative estimate of drug-likeness (QED) is 0.589. The van der Waals surface area contributed by atoms with E-state index in [1.165, 1.54) is 6.07 Å². The molecule has 0 fully saturated rings. The van der Waals surface area contributed by atoms with E-state index >= 15 is 0 Å². The Bertz CT molecular complexity index is 434. The van der Waals surface area contributed by atoms with Crippen LogP contribution in [0.15, 0.2) is 18.2 Å². The van der Waals surface area contributed by atoms with Crippen molar-refractivity contribution in [3.63, 3.8) is 0 Å². The van der Waals surface area contributed by atoms with Gasteiger partial charge in [0.25, 0.3) is 5.91 Å². The van der Waals surface area contributed by atoms with Gasteiger partial charge in [0.2, 0.25) is 0 Å². The highest BCUT2D eigenvalue weighted by Gasteiger charge is 2.12. The molecular formula is C13H18N2O4. The van der Waals surface area contributed by atoms with Gasteiger partial charge in [-0.3, -0.25) is 4.79 Å². The van der Waals surface area contributed by atoms with Gasteiger partial charge in [0.05, 0.1) is 6.61 Å². The monoisotopic (exact) mass is 266 g/mol. The van der Waals surface area contributed by atoms with Crippen molar-refractivity contribution in [2.75, 3.05) is 26.9 Å². The summed E-state index contributed by atoms with van der Waals surface area (Å²) in [4.78, 5) is 27.2. The molecule has 0 aliphatic carbocycles. The first kappa shape index (κ1) is 15.1. The third-order valence-corrected chi connectivity index (χ3v) is 2.28. The molecular weight excluding hydrogens is 248 g/mol. The van der Waals surface area contributed by atoms with Gasteiger partial charge in [-0.05, 0) is 25.5 Å². The second-order valence-electron chi connectivity index (χ2n) is 3.73. The lowest BCUT2D eigenvalue weighted by Crippen LogP contribution is -2.26. The number of hydrogen-bond donors (Lipinski definition) is 1. The van der Waals surface area contributed by atoms with Crippen molar-refractivity contribution >= 4 is 11.9 Å². The largest absolute Gasteiger partial charge is 0.461 e. The fourth-order valence-corrected chi connectivity index (χ4v) is 1.39. The Kier molecular flexibility index (Phi) is 6.52. The van der Waals surface area contributed by atoms with Crippen molar-refractivity contribution in [2.24, 2.45) is 0 Å². The summed E-state index contributed by atoms with van der Waals surface area (Å²) in [6.45, 7) is 3.06. The van der Waals surface area contributed by atoms with Crippen LogP contribution in [-0.2, 0) is 9.47 Å². The van der Waals surface area contributed by atoms with E-state index in [2.05, 4.69) is 10.3 Å². The standard InChI is InChI=1S/C13H18N2O4/c1-3-19-13(17)11-7-4-6-10(15-11)12(16)14-8-5-9-18-2/h4,6-7H,3,5,8-9H2,1-2H3,(H,14,16). The van der Waals surface area contributed by atoms with Gasteiger partial charge in [-0.15, -0.1) is 0 Å². The molecule has 0 saturated carbocycles. The number of amides is 1. The maximum atomic E-state index is 11.8. The molecule has 6 nitrogen and oxygen atoms in total. The Labute approximate surface area is 112 Å². The van der Waals surface area contributed by atoms with Gasteiger partial charge in [0.15, 0.2) is 0 Å². The molecule has 0 spiro atoms. The number of esters is 1. The van der Waals surface area contributed by atoms with Crippen LogP contribution in [0, 0.1) is 0 Å². The summed E-state index contributed by atoms with van der Waals surface area (Å²) in [6.07, 6.45) is 0.722. The Morgan fingerprint density at radius 3 is 2.74 bits per heavy atom. The molecule has 0 aliphatic heterocycles. The number of nitrogens with one attached hydrogen (secondary N) is 1. The lowest BCUT2D eigenvalue weighted by molar-refractivity contribution is 0.0519. The smallest absolute Gasteiger partial charge is 0.356 e. The zero-order valence-corrected chi connectivity index (χ0v) is 11.1. The van der Waals surface area contributed by atoms with Crippen molar-refractivity contribution in [1.29, 1.82) is 0 Å². The molecule has 1 rings (SSSR count). The fourth-order valence-electron chi connectivity index (χ4n) is 1.39. The zero-order valence-electron chi connectivity index (χ0n) is 11.1. The predicted octanol–water partition coefficient (Wildman–Crippen LogP) is 1.02. The molecule has 1 N–H and O–H groups in total. The molecule has 0 radical (unpaired) electrons. The first-order valence-electron chi connectivity index (χ1n) is 6.10. The van der Waals surface area contributed by atoms with Gasteiger partial charge < -0.3 is 14.8 Å². The summed E-state index contributed by atoms with van der Waals surface area (Å²) in [5.74, 6) is -0.848. The van der Waals surface area contributed by atoms with E-state index in [4.69, 9.17) is 9.47 Å². The second kappa shape index (κ2) is 8.20. The van der Waals surface area contributed by atoms with Crippen LogP contribution < -0.4 is 5.32 Å². The molecule has 1 amide bonds. The highest BCUT2D eigenvalue weighted by molar-refractivity contribution is 5.94. The van der Waals surface area contributed by atoms with Crippen molar-refractivity contribution in [1.82, 2.24) is 10.3 Å². The van der Waals surface area contributed by atoms with Crippen LogP contribution in [0.4, 0.5) is 0 Å². The van der Waals surface area contributed by atoms with Crippen molar-refractivity contribution in [2.45, 2.75) is 13.3 Å². The van der Waals surface area contributed by atoms with Crippen LogP contribution in [0.25, 0.3) is 0 Å². The highest BCUT2D eigenvalue weighted by Crippen LogP contribution is 2.02. The number of hydrogen-bond acceptors (Lipinski definition) is 5. The van der Waals surface area contributed by atoms with Crippen LogP contribution in [-0.4, -0.2) is 43.7 Å². The summed E-state index contributed by atoms with van der Waals surface area (Å²) >= 11 is 0. The van der Waals surface area contributed by atoms with Gasteiger partial charge >= 0.3 is 5.97 Å². The molecule has 104 valence electrons. The molecule has 1 aromatic rings. The Morgan fingerprint density at radius 2 is 2.05 bits per heavy atom. The Balaban J connectivity index is 2.60. The molecule has 0 bridgehead atoms. The summed E-state index contributed by atoms with van der Waals surface area (Å²) in [6, 6.07) is 4.66.